The smallest absolute Gasteiger partial charge is 0.0418 e. The molecule has 1 aliphatic heterocycles. The van der Waals surface area contributed by atoms with Gasteiger partial charge in [-0.3, -0.25) is 0 Å². The van der Waals surface area contributed by atoms with Gasteiger partial charge in [0, 0.05) is 29.3 Å². The average Bonchev–Trinajstić information content (AvgIpc) is 2.46. The molecule has 1 aromatic rings. The molecule has 1 heterocycles. The van der Waals surface area contributed by atoms with Crippen LogP contribution >= 0.6 is 15.9 Å². The van der Waals surface area contributed by atoms with E-state index in [0.29, 0.717) is 6.04 Å². The lowest BCUT2D eigenvalue weighted by Crippen LogP contribution is -2.30. The molecule has 0 fully saturated rings. The van der Waals surface area contributed by atoms with Gasteiger partial charge >= 0.3 is 0 Å². The van der Waals surface area contributed by atoms with Gasteiger partial charge in [0.25, 0.3) is 0 Å². The number of rotatable bonds is 5. The van der Waals surface area contributed by atoms with Gasteiger partial charge in [-0.05, 0) is 57.0 Å². The largest absolute Gasteiger partial charge is 0.367 e. The van der Waals surface area contributed by atoms with E-state index in [2.05, 4.69) is 71.2 Å². The van der Waals surface area contributed by atoms with Gasteiger partial charge in [0.05, 0.1) is 0 Å². The maximum Gasteiger partial charge on any atom is 0.0418 e. The van der Waals surface area contributed by atoms with E-state index in [1.807, 2.05) is 0 Å². The van der Waals surface area contributed by atoms with Crippen LogP contribution in [0.2, 0.25) is 0 Å². The van der Waals surface area contributed by atoms with Crippen molar-refractivity contribution >= 4 is 21.6 Å². The Kier molecular flexibility index (Phi) is 5.67. The quantitative estimate of drug-likeness (QED) is 0.786. The zero-order chi connectivity index (χ0) is 14.5. The fourth-order valence-corrected chi connectivity index (χ4v) is 3.00. The molecule has 0 saturated heterocycles. The highest BCUT2D eigenvalue weighted by Crippen LogP contribution is 2.31. The molecule has 3 heteroatoms. The van der Waals surface area contributed by atoms with Crippen molar-refractivity contribution in [2.45, 2.75) is 39.7 Å². The van der Waals surface area contributed by atoms with E-state index in [1.165, 1.54) is 29.7 Å². The lowest BCUT2D eigenvalue weighted by atomic mass is 10.0. The summed E-state index contributed by atoms with van der Waals surface area (Å²) < 4.78 is 1.16. The SMILES string of the molecule is CCCNC(C)c1cc(Br)ccc1N1CC=C(C)CC1. The van der Waals surface area contributed by atoms with E-state index in [1.54, 1.807) is 0 Å². The first-order valence-electron chi connectivity index (χ1n) is 7.55. The van der Waals surface area contributed by atoms with Gasteiger partial charge in [-0.2, -0.15) is 0 Å². The molecule has 0 bridgehead atoms. The van der Waals surface area contributed by atoms with Gasteiger partial charge in [-0.25, -0.2) is 0 Å². The van der Waals surface area contributed by atoms with Crippen LogP contribution in [0.5, 0.6) is 0 Å². The highest BCUT2D eigenvalue weighted by atomic mass is 79.9. The Labute approximate surface area is 131 Å². The molecular weight excluding hydrogens is 312 g/mol. The minimum absolute atomic E-state index is 0.384. The molecule has 1 atom stereocenters. The van der Waals surface area contributed by atoms with E-state index in [9.17, 15) is 0 Å². The second-order valence-corrected chi connectivity index (χ2v) is 6.54. The number of benzene rings is 1. The highest BCUT2D eigenvalue weighted by molar-refractivity contribution is 9.10. The zero-order valence-electron chi connectivity index (χ0n) is 12.7. The lowest BCUT2D eigenvalue weighted by molar-refractivity contribution is 0.569. The molecule has 110 valence electrons. The number of nitrogens with one attached hydrogen (secondary N) is 1. The zero-order valence-corrected chi connectivity index (χ0v) is 14.3. The third-order valence-electron chi connectivity index (χ3n) is 3.93. The van der Waals surface area contributed by atoms with Crippen LogP contribution < -0.4 is 10.2 Å². The summed E-state index contributed by atoms with van der Waals surface area (Å²) in [5, 5.41) is 3.60. The highest BCUT2D eigenvalue weighted by Gasteiger charge is 2.17. The predicted molar refractivity (Wildman–Crippen MR) is 91.4 cm³/mol. The summed E-state index contributed by atoms with van der Waals surface area (Å²) in [4.78, 5) is 2.49. The Morgan fingerprint density at radius 3 is 2.85 bits per heavy atom. The molecule has 0 amide bonds. The summed E-state index contributed by atoms with van der Waals surface area (Å²) in [5.41, 5.74) is 4.27. The van der Waals surface area contributed by atoms with Crippen LogP contribution in [0.4, 0.5) is 5.69 Å². The number of nitrogens with zero attached hydrogens (tertiary/aromatic N) is 1. The van der Waals surface area contributed by atoms with Crippen LogP contribution in [0, 0.1) is 0 Å². The first kappa shape index (κ1) is 15.6. The van der Waals surface area contributed by atoms with Crippen LogP contribution in [-0.2, 0) is 0 Å². The van der Waals surface area contributed by atoms with Gasteiger partial charge in [0.2, 0.25) is 0 Å². The monoisotopic (exact) mass is 336 g/mol. The van der Waals surface area contributed by atoms with E-state index in [4.69, 9.17) is 0 Å². The van der Waals surface area contributed by atoms with Gasteiger partial charge in [0.15, 0.2) is 0 Å². The Bertz CT molecular complexity index is 482. The van der Waals surface area contributed by atoms with Crippen LogP contribution in [0.15, 0.2) is 34.3 Å². The maximum absolute atomic E-state index is 3.61. The second kappa shape index (κ2) is 7.28. The van der Waals surface area contributed by atoms with Crippen molar-refractivity contribution in [2.24, 2.45) is 0 Å². The first-order valence-corrected chi connectivity index (χ1v) is 8.34. The van der Waals surface area contributed by atoms with Crippen LogP contribution in [0.25, 0.3) is 0 Å². The Balaban J connectivity index is 2.23. The van der Waals surface area contributed by atoms with E-state index in [0.717, 1.165) is 24.1 Å². The molecule has 1 N–H and O–H groups in total. The minimum Gasteiger partial charge on any atom is -0.367 e. The lowest BCUT2D eigenvalue weighted by Gasteiger charge is -2.31. The minimum atomic E-state index is 0.384. The van der Waals surface area contributed by atoms with E-state index in [-0.39, 0.29) is 0 Å². The standard InChI is InChI=1S/C17H25BrN2/c1-4-9-19-14(3)16-12-15(18)5-6-17(16)20-10-7-13(2)8-11-20/h5-7,12,14,19H,4,8-11H2,1-3H3. The van der Waals surface area contributed by atoms with Gasteiger partial charge in [0.1, 0.15) is 0 Å². The van der Waals surface area contributed by atoms with Gasteiger partial charge in [-0.15, -0.1) is 0 Å². The van der Waals surface area contributed by atoms with Gasteiger partial charge < -0.3 is 10.2 Å². The second-order valence-electron chi connectivity index (χ2n) is 5.63. The molecule has 1 aromatic carbocycles. The molecule has 0 saturated carbocycles. The number of hydrogen-bond acceptors (Lipinski definition) is 2. The molecule has 0 spiro atoms. The van der Waals surface area contributed by atoms with Crippen molar-refractivity contribution in [3.05, 3.63) is 39.9 Å². The predicted octanol–water partition coefficient (Wildman–Crippen LogP) is 4.67. The summed E-state index contributed by atoms with van der Waals surface area (Å²) in [6, 6.07) is 7.04. The summed E-state index contributed by atoms with van der Waals surface area (Å²) in [6.45, 7) is 9.90. The molecule has 0 aliphatic carbocycles. The number of hydrogen-bond donors (Lipinski definition) is 1. The topological polar surface area (TPSA) is 15.3 Å². The van der Waals surface area contributed by atoms with Crippen LogP contribution in [0.1, 0.15) is 45.2 Å². The summed E-state index contributed by atoms with van der Waals surface area (Å²) in [7, 11) is 0. The van der Waals surface area contributed by atoms with Crippen molar-refractivity contribution in [3.8, 4) is 0 Å². The molecule has 1 aliphatic rings. The summed E-state index contributed by atoms with van der Waals surface area (Å²) in [6.07, 6.45) is 4.69. The molecule has 0 radical (unpaired) electrons. The normalized spacial score (nSPS) is 17.0. The summed E-state index contributed by atoms with van der Waals surface area (Å²) >= 11 is 3.61. The molecule has 2 rings (SSSR count). The fraction of sp³-hybridized carbons (Fsp3) is 0.529. The van der Waals surface area contributed by atoms with E-state index < -0.39 is 0 Å². The van der Waals surface area contributed by atoms with Crippen molar-refractivity contribution in [3.63, 3.8) is 0 Å². The number of anilines is 1. The first-order chi connectivity index (χ1) is 9.61. The molecule has 20 heavy (non-hydrogen) atoms. The van der Waals surface area contributed by atoms with Crippen molar-refractivity contribution in [1.82, 2.24) is 5.32 Å². The summed E-state index contributed by atoms with van der Waals surface area (Å²) in [5.74, 6) is 0. The Morgan fingerprint density at radius 2 is 2.20 bits per heavy atom. The third-order valence-corrected chi connectivity index (χ3v) is 4.43. The van der Waals surface area contributed by atoms with E-state index >= 15 is 0 Å². The van der Waals surface area contributed by atoms with Crippen LogP contribution in [-0.4, -0.2) is 19.6 Å². The van der Waals surface area contributed by atoms with Crippen molar-refractivity contribution in [2.75, 3.05) is 24.5 Å². The molecule has 1 unspecified atom stereocenters. The van der Waals surface area contributed by atoms with Gasteiger partial charge in [-0.1, -0.05) is 34.5 Å². The third kappa shape index (κ3) is 3.86. The fourth-order valence-electron chi connectivity index (χ4n) is 2.62. The maximum atomic E-state index is 3.61. The Hall–Kier alpha value is -0.800. The average molecular weight is 337 g/mol. The Morgan fingerprint density at radius 1 is 1.40 bits per heavy atom. The molecular formula is C17H25BrN2. The number of halogens is 1. The molecule has 0 aromatic heterocycles. The molecule has 2 nitrogen and oxygen atoms in total. The van der Waals surface area contributed by atoms with Crippen molar-refractivity contribution < 1.29 is 0 Å². The van der Waals surface area contributed by atoms with Crippen molar-refractivity contribution in [1.29, 1.82) is 0 Å². The van der Waals surface area contributed by atoms with Crippen LogP contribution in [0.3, 0.4) is 0 Å².